The van der Waals surface area contributed by atoms with Crippen LogP contribution in [0.3, 0.4) is 0 Å². The number of rotatable bonds is 4. The van der Waals surface area contributed by atoms with E-state index in [4.69, 9.17) is 21.6 Å². The second kappa shape index (κ2) is 7.00. The maximum absolute atomic E-state index is 8.89. The Bertz CT molecular complexity index is 836. The molecule has 0 amide bonds. The highest BCUT2D eigenvalue weighted by molar-refractivity contribution is 6.33. The van der Waals surface area contributed by atoms with Gasteiger partial charge in [0, 0.05) is 10.6 Å². The van der Waals surface area contributed by atoms with E-state index >= 15 is 0 Å². The van der Waals surface area contributed by atoms with E-state index in [2.05, 4.69) is 6.07 Å². The Morgan fingerprint density at radius 2 is 1.65 bits per heavy atom. The molecule has 0 saturated heterocycles. The monoisotopic (exact) mass is 319 g/mol. The summed E-state index contributed by atoms with van der Waals surface area (Å²) in [6.45, 7) is 0.539. The van der Waals surface area contributed by atoms with Crippen molar-refractivity contribution in [1.82, 2.24) is 0 Å². The first-order valence-electron chi connectivity index (χ1n) is 7.23. The first kappa shape index (κ1) is 15.1. The van der Waals surface area contributed by atoms with Gasteiger partial charge in [-0.25, -0.2) is 0 Å². The number of benzene rings is 3. The fraction of sp³-hybridized carbons (Fsp3) is 0.0500. The minimum absolute atomic E-state index is 0.539. The summed E-state index contributed by atoms with van der Waals surface area (Å²) in [4.78, 5) is 0. The molecule has 0 aromatic heterocycles. The molecule has 0 N–H and O–H groups in total. The van der Waals surface area contributed by atoms with Gasteiger partial charge in [0.25, 0.3) is 0 Å². The van der Waals surface area contributed by atoms with Gasteiger partial charge in [-0.2, -0.15) is 5.26 Å². The van der Waals surface area contributed by atoms with Gasteiger partial charge in [0.2, 0.25) is 0 Å². The minimum Gasteiger partial charge on any atom is -0.489 e. The van der Waals surface area contributed by atoms with Crippen LogP contribution in [0.5, 0.6) is 5.75 Å². The van der Waals surface area contributed by atoms with Gasteiger partial charge in [-0.05, 0) is 35.4 Å². The molecule has 0 bridgehead atoms. The molecule has 0 heterocycles. The zero-order chi connectivity index (χ0) is 16.1. The molecule has 0 spiro atoms. The number of ether oxygens (including phenoxy) is 1. The Kier molecular flexibility index (Phi) is 4.61. The molecule has 0 unspecified atom stereocenters. The topological polar surface area (TPSA) is 33.0 Å². The predicted octanol–water partition coefficient (Wildman–Crippen LogP) is 5.46. The van der Waals surface area contributed by atoms with Crippen LogP contribution in [0.2, 0.25) is 5.02 Å². The summed E-state index contributed by atoms with van der Waals surface area (Å²) in [5.41, 5.74) is 3.58. The molecule has 0 aliphatic carbocycles. The summed E-state index contributed by atoms with van der Waals surface area (Å²) < 4.78 is 5.77. The summed E-state index contributed by atoms with van der Waals surface area (Å²) in [5, 5.41) is 9.46. The zero-order valence-corrected chi connectivity index (χ0v) is 13.1. The molecule has 3 heteroatoms. The fourth-order valence-electron chi connectivity index (χ4n) is 2.29. The van der Waals surface area contributed by atoms with Crippen molar-refractivity contribution in [3.63, 3.8) is 0 Å². The lowest BCUT2D eigenvalue weighted by Crippen LogP contribution is -1.94. The Morgan fingerprint density at radius 1 is 0.913 bits per heavy atom. The normalized spacial score (nSPS) is 10.1. The second-order valence-corrected chi connectivity index (χ2v) is 5.51. The van der Waals surface area contributed by atoms with E-state index in [-0.39, 0.29) is 0 Å². The smallest absolute Gasteiger partial charge is 0.119 e. The van der Waals surface area contributed by atoms with Gasteiger partial charge in [-0.15, -0.1) is 0 Å². The molecule has 112 valence electrons. The zero-order valence-electron chi connectivity index (χ0n) is 12.4. The Balaban J connectivity index is 1.73. The number of hydrogen-bond acceptors (Lipinski definition) is 2. The second-order valence-electron chi connectivity index (χ2n) is 5.11. The van der Waals surface area contributed by atoms with E-state index < -0.39 is 0 Å². The molecular weight excluding hydrogens is 306 g/mol. The van der Waals surface area contributed by atoms with Crippen LogP contribution in [0.1, 0.15) is 11.1 Å². The quantitative estimate of drug-likeness (QED) is 0.640. The minimum atomic E-state index is 0.539. The molecule has 2 nitrogen and oxygen atoms in total. The average molecular weight is 320 g/mol. The third kappa shape index (κ3) is 3.71. The van der Waals surface area contributed by atoms with E-state index in [0.717, 1.165) is 22.4 Å². The predicted molar refractivity (Wildman–Crippen MR) is 92.4 cm³/mol. The van der Waals surface area contributed by atoms with Crippen molar-refractivity contribution in [2.24, 2.45) is 0 Å². The van der Waals surface area contributed by atoms with E-state index in [1.165, 1.54) is 0 Å². The van der Waals surface area contributed by atoms with Crippen molar-refractivity contribution in [2.75, 3.05) is 0 Å². The van der Waals surface area contributed by atoms with Crippen molar-refractivity contribution in [3.8, 4) is 22.9 Å². The molecule has 23 heavy (non-hydrogen) atoms. The SMILES string of the molecule is N#Cc1ccc(-c2ccc(OCc3ccccc3)cc2)c(Cl)c1. The number of nitriles is 1. The average Bonchev–Trinajstić information content (AvgIpc) is 2.61. The van der Waals surface area contributed by atoms with Crippen LogP contribution in [0, 0.1) is 11.3 Å². The Labute approximate surface area is 140 Å². The standard InChI is InChI=1S/C20H14ClNO/c21-20-12-16(13-22)6-11-19(20)17-7-9-18(10-8-17)23-14-15-4-2-1-3-5-15/h1-12H,14H2. The van der Waals surface area contributed by atoms with Gasteiger partial charge >= 0.3 is 0 Å². The van der Waals surface area contributed by atoms with Gasteiger partial charge < -0.3 is 4.74 Å². The molecule has 3 aromatic rings. The van der Waals surface area contributed by atoms with Crippen LogP contribution in [0.15, 0.2) is 72.8 Å². The van der Waals surface area contributed by atoms with Crippen molar-refractivity contribution in [2.45, 2.75) is 6.61 Å². The van der Waals surface area contributed by atoms with Crippen LogP contribution in [-0.2, 0) is 6.61 Å². The van der Waals surface area contributed by atoms with Crippen LogP contribution in [0.25, 0.3) is 11.1 Å². The number of halogens is 1. The lowest BCUT2D eigenvalue weighted by Gasteiger charge is -2.08. The maximum Gasteiger partial charge on any atom is 0.119 e. The van der Waals surface area contributed by atoms with Crippen molar-refractivity contribution in [3.05, 3.63) is 88.9 Å². The molecule has 3 aromatic carbocycles. The Hall–Kier alpha value is -2.76. The number of nitrogens with zero attached hydrogens (tertiary/aromatic N) is 1. The van der Waals surface area contributed by atoms with Gasteiger partial charge in [0.05, 0.1) is 11.6 Å². The van der Waals surface area contributed by atoms with Crippen LogP contribution in [-0.4, -0.2) is 0 Å². The molecule has 0 radical (unpaired) electrons. The van der Waals surface area contributed by atoms with E-state index in [1.54, 1.807) is 12.1 Å². The third-order valence-corrected chi connectivity index (χ3v) is 3.82. The fourth-order valence-corrected chi connectivity index (χ4v) is 2.58. The third-order valence-electron chi connectivity index (χ3n) is 3.51. The lowest BCUT2D eigenvalue weighted by molar-refractivity contribution is 0.306. The van der Waals surface area contributed by atoms with Crippen LogP contribution >= 0.6 is 11.6 Å². The molecule has 0 saturated carbocycles. The molecule has 0 aliphatic rings. The highest BCUT2D eigenvalue weighted by Gasteiger charge is 2.05. The van der Waals surface area contributed by atoms with E-state index in [9.17, 15) is 0 Å². The highest BCUT2D eigenvalue weighted by atomic mass is 35.5. The van der Waals surface area contributed by atoms with Crippen molar-refractivity contribution < 1.29 is 4.74 Å². The molecule has 0 aliphatic heterocycles. The van der Waals surface area contributed by atoms with Crippen LogP contribution < -0.4 is 4.74 Å². The summed E-state index contributed by atoms with van der Waals surface area (Å²) in [6, 6.07) is 25.2. The lowest BCUT2D eigenvalue weighted by atomic mass is 10.0. The van der Waals surface area contributed by atoms with Crippen molar-refractivity contribution in [1.29, 1.82) is 5.26 Å². The maximum atomic E-state index is 8.89. The Morgan fingerprint density at radius 3 is 2.30 bits per heavy atom. The van der Waals surface area contributed by atoms with E-state index in [1.807, 2.05) is 60.7 Å². The molecule has 0 fully saturated rings. The summed E-state index contributed by atoms with van der Waals surface area (Å²) in [5.74, 6) is 0.808. The van der Waals surface area contributed by atoms with Gasteiger partial charge in [0.15, 0.2) is 0 Å². The first-order chi connectivity index (χ1) is 11.3. The summed E-state index contributed by atoms with van der Waals surface area (Å²) >= 11 is 6.24. The highest BCUT2D eigenvalue weighted by Crippen LogP contribution is 2.30. The largest absolute Gasteiger partial charge is 0.489 e. The van der Waals surface area contributed by atoms with Gasteiger partial charge in [0.1, 0.15) is 12.4 Å². The molecule has 0 atom stereocenters. The van der Waals surface area contributed by atoms with Gasteiger partial charge in [-0.3, -0.25) is 0 Å². The molecule has 3 rings (SSSR count). The van der Waals surface area contributed by atoms with Crippen LogP contribution in [0.4, 0.5) is 0 Å². The summed E-state index contributed by atoms with van der Waals surface area (Å²) in [7, 11) is 0. The first-order valence-corrected chi connectivity index (χ1v) is 7.61. The van der Waals surface area contributed by atoms with Gasteiger partial charge in [-0.1, -0.05) is 60.1 Å². The molecular formula is C20H14ClNO. The number of hydrogen-bond donors (Lipinski definition) is 0. The van der Waals surface area contributed by atoms with Crippen molar-refractivity contribution >= 4 is 11.6 Å². The van der Waals surface area contributed by atoms with E-state index in [0.29, 0.717) is 17.2 Å². The summed E-state index contributed by atoms with van der Waals surface area (Å²) in [6.07, 6.45) is 0.